The number of benzene rings is 1. The molecule has 14 heavy (non-hydrogen) atoms. The first kappa shape index (κ1) is 8.62. The summed E-state index contributed by atoms with van der Waals surface area (Å²) in [4.78, 5) is 10.4. The van der Waals surface area contributed by atoms with Gasteiger partial charge in [0, 0.05) is 11.8 Å². The van der Waals surface area contributed by atoms with Crippen LogP contribution in [0.3, 0.4) is 0 Å². The molecule has 0 aliphatic rings. The minimum Gasteiger partial charge on any atom is -0.298 e. The van der Waals surface area contributed by atoms with Gasteiger partial charge in [-0.1, -0.05) is 6.07 Å². The van der Waals surface area contributed by atoms with E-state index >= 15 is 0 Å². The summed E-state index contributed by atoms with van der Waals surface area (Å²) in [6.45, 7) is 0. The molecule has 2 aromatic rings. The van der Waals surface area contributed by atoms with Crippen LogP contribution in [0.2, 0.25) is 0 Å². The van der Waals surface area contributed by atoms with Crippen molar-refractivity contribution in [1.82, 2.24) is 10.2 Å². The molecular formula is C10H7FN2O. The van der Waals surface area contributed by atoms with Crippen molar-refractivity contribution in [3.8, 4) is 11.1 Å². The van der Waals surface area contributed by atoms with E-state index in [1.54, 1.807) is 18.5 Å². The molecule has 0 aliphatic carbocycles. The molecule has 1 aromatic heterocycles. The fourth-order valence-corrected chi connectivity index (χ4v) is 1.21. The molecule has 0 atom stereocenters. The van der Waals surface area contributed by atoms with Gasteiger partial charge in [-0.3, -0.25) is 9.89 Å². The minimum atomic E-state index is -0.515. The van der Waals surface area contributed by atoms with Crippen LogP contribution in [-0.4, -0.2) is 16.5 Å². The smallest absolute Gasteiger partial charge is 0.152 e. The van der Waals surface area contributed by atoms with E-state index in [4.69, 9.17) is 0 Å². The van der Waals surface area contributed by atoms with Gasteiger partial charge < -0.3 is 0 Å². The van der Waals surface area contributed by atoms with Gasteiger partial charge in [0.1, 0.15) is 5.82 Å². The minimum absolute atomic E-state index is 0.0669. The van der Waals surface area contributed by atoms with Gasteiger partial charge in [-0.2, -0.15) is 5.10 Å². The summed E-state index contributed by atoms with van der Waals surface area (Å²) in [5.74, 6) is -0.515. The molecular weight excluding hydrogens is 183 g/mol. The molecule has 0 aliphatic heterocycles. The monoisotopic (exact) mass is 190 g/mol. The van der Waals surface area contributed by atoms with E-state index in [1.165, 1.54) is 12.1 Å². The van der Waals surface area contributed by atoms with Crippen LogP contribution < -0.4 is 0 Å². The van der Waals surface area contributed by atoms with Crippen LogP contribution in [0.5, 0.6) is 0 Å². The molecule has 1 aromatic carbocycles. The number of hydrogen-bond acceptors (Lipinski definition) is 2. The zero-order chi connectivity index (χ0) is 9.97. The van der Waals surface area contributed by atoms with Crippen LogP contribution in [0.15, 0.2) is 30.6 Å². The first-order chi connectivity index (χ1) is 6.81. The normalized spacial score (nSPS) is 10.1. The molecule has 0 spiro atoms. The third-order valence-corrected chi connectivity index (χ3v) is 1.96. The van der Waals surface area contributed by atoms with E-state index in [-0.39, 0.29) is 5.56 Å². The quantitative estimate of drug-likeness (QED) is 0.736. The summed E-state index contributed by atoms with van der Waals surface area (Å²) in [7, 11) is 0. The number of nitrogens with one attached hydrogen (secondary N) is 1. The fraction of sp³-hybridized carbons (Fsp3) is 0. The van der Waals surface area contributed by atoms with Crippen molar-refractivity contribution in [3.63, 3.8) is 0 Å². The van der Waals surface area contributed by atoms with Gasteiger partial charge in [0.2, 0.25) is 0 Å². The average Bonchev–Trinajstić information content (AvgIpc) is 2.70. The fourth-order valence-electron chi connectivity index (χ4n) is 1.21. The van der Waals surface area contributed by atoms with E-state index in [1.807, 2.05) is 0 Å². The second-order valence-electron chi connectivity index (χ2n) is 2.84. The summed E-state index contributed by atoms with van der Waals surface area (Å²) in [6, 6.07) is 4.44. The van der Waals surface area contributed by atoms with Gasteiger partial charge in [0.05, 0.1) is 11.8 Å². The molecule has 0 radical (unpaired) electrons. The number of hydrogen-bond donors (Lipinski definition) is 1. The lowest BCUT2D eigenvalue weighted by Gasteiger charge is -1.98. The van der Waals surface area contributed by atoms with Crippen molar-refractivity contribution in [1.29, 1.82) is 0 Å². The largest absolute Gasteiger partial charge is 0.298 e. The molecule has 0 saturated carbocycles. The number of nitrogens with zero attached hydrogens (tertiary/aromatic N) is 1. The summed E-state index contributed by atoms with van der Waals surface area (Å²) >= 11 is 0. The predicted molar refractivity (Wildman–Crippen MR) is 49.4 cm³/mol. The number of rotatable bonds is 2. The van der Waals surface area contributed by atoms with Crippen molar-refractivity contribution in [2.75, 3.05) is 0 Å². The lowest BCUT2D eigenvalue weighted by Crippen LogP contribution is -1.87. The predicted octanol–water partition coefficient (Wildman–Crippen LogP) is 2.03. The Morgan fingerprint density at radius 3 is 2.79 bits per heavy atom. The van der Waals surface area contributed by atoms with Gasteiger partial charge in [-0.15, -0.1) is 0 Å². The molecule has 3 nitrogen and oxygen atoms in total. The first-order valence-electron chi connectivity index (χ1n) is 4.05. The van der Waals surface area contributed by atoms with Gasteiger partial charge in [-0.25, -0.2) is 4.39 Å². The molecule has 1 heterocycles. The number of H-pyrrole nitrogens is 1. The van der Waals surface area contributed by atoms with Gasteiger partial charge >= 0.3 is 0 Å². The Labute approximate surface area is 79.6 Å². The molecule has 2 rings (SSSR count). The van der Waals surface area contributed by atoms with E-state index in [2.05, 4.69) is 10.2 Å². The highest BCUT2D eigenvalue weighted by atomic mass is 19.1. The summed E-state index contributed by atoms with van der Waals surface area (Å²) in [5, 5.41) is 6.39. The van der Waals surface area contributed by atoms with Crippen molar-refractivity contribution < 1.29 is 9.18 Å². The van der Waals surface area contributed by atoms with E-state index in [0.717, 1.165) is 5.56 Å². The third kappa shape index (κ3) is 1.42. The molecule has 1 N–H and O–H groups in total. The molecule has 4 heteroatoms. The number of halogens is 1. The number of aromatic nitrogens is 2. The Kier molecular flexibility index (Phi) is 2.10. The Hall–Kier alpha value is -1.97. The number of aromatic amines is 1. The van der Waals surface area contributed by atoms with Crippen molar-refractivity contribution in [2.24, 2.45) is 0 Å². The highest BCUT2D eigenvalue weighted by Gasteiger charge is 2.04. The van der Waals surface area contributed by atoms with Gasteiger partial charge in [0.25, 0.3) is 0 Å². The lowest BCUT2D eigenvalue weighted by molar-refractivity contribution is 0.112. The summed E-state index contributed by atoms with van der Waals surface area (Å²) < 4.78 is 13.2. The van der Waals surface area contributed by atoms with E-state index in [9.17, 15) is 9.18 Å². The molecule has 70 valence electrons. The maximum atomic E-state index is 13.2. The van der Waals surface area contributed by atoms with Crippen LogP contribution in [-0.2, 0) is 0 Å². The number of aldehydes is 1. The highest BCUT2D eigenvalue weighted by Crippen LogP contribution is 2.19. The SMILES string of the molecule is O=Cc1ccc(-c2cn[nH]c2)cc1F. The molecule has 0 unspecified atom stereocenters. The maximum absolute atomic E-state index is 13.2. The molecule has 0 amide bonds. The standard InChI is InChI=1S/C10H7FN2O/c11-10-3-7(1-2-8(10)6-14)9-4-12-13-5-9/h1-6H,(H,12,13). The van der Waals surface area contributed by atoms with Crippen LogP contribution in [0.1, 0.15) is 10.4 Å². The van der Waals surface area contributed by atoms with Crippen LogP contribution >= 0.6 is 0 Å². The van der Waals surface area contributed by atoms with Gasteiger partial charge in [0.15, 0.2) is 6.29 Å². The summed E-state index contributed by atoms with van der Waals surface area (Å²) in [6.07, 6.45) is 3.75. The first-order valence-corrected chi connectivity index (χ1v) is 4.05. The average molecular weight is 190 g/mol. The Morgan fingerprint density at radius 2 is 2.21 bits per heavy atom. The maximum Gasteiger partial charge on any atom is 0.152 e. The molecule has 0 bridgehead atoms. The zero-order valence-corrected chi connectivity index (χ0v) is 7.20. The lowest BCUT2D eigenvalue weighted by atomic mass is 10.1. The Balaban J connectivity index is 2.48. The molecule has 0 fully saturated rings. The summed E-state index contributed by atoms with van der Waals surface area (Å²) in [5.41, 5.74) is 1.56. The highest BCUT2D eigenvalue weighted by molar-refractivity contribution is 5.77. The Bertz CT molecular complexity index is 451. The number of carbonyl (C=O) groups excluding carboxylic acids is 1. The molecule has 0 saturated heterocycles. The second kappa shape index (κ2) is 3.41. The van der Waals surface area contributed by atoms with Crippen LogP contribution in [0, 0.1) is 5.82 Å². The van der Waals surface area contributed by atoms with Crippen LogP contribution in [0.25, 0.3) is 11.1 Å². The topological polar surface area (TPSA) is 45.8 Å². The van der Waals surface area contributed by atoms with E-state index < -0.39 is 5.82 Å². The number of carbonyl (C=O) groups is 1. The van der Waals surface area contributed by atoms with Crippen molar-refractivity contribution in [2.45, 2.75) is 0 Å². The van der Waals surface area contributed by atoms with Crippen molar-refractivity contribution >= 4 is 6.29 Å². The third-order valence-electron chi connectivity index (χ3n) is 1.96. The van der Waals surface area contributed by atoms with E-state index in [0.29, 0.717) is 11.8 Å². The van der Waals surface area contributed by atoms with Crippen molar-refractivity contribution in [3.05, 3.63) is 42.0 Å². The van der Waals surface area contributed by atoms with Gasteiger partial charge in [-0.05, 0) is 17.7 Å². The zero-order valence-electron chi connectivity index (χ0n) is 7.20. The Morgan fingerprint density at radius 1 is 1.36 bits per heavy atom. The second-order valence-corrected chi connectivity index (χ2v) is 2.84. The van der Waals surface area contributed by atoms with Crippen LogP contribution in [0.4, 0.5) is 4.39 Å².